The van der Waals surface area contributed by atoms with E-state index in [0.29, 0.717) is 47.2 Å². The lowest BCUT2D eigenvalue weighted by molar-refractivity contribution is -0.116. The fourth-order valence-electron chi connectivity index (χ4n) is 3.04. The van der Waals surface area contributed by atoms with Gasteiger partial charge < -0.3 is 19.5 Å². The van der Waals surface area contributed by atoms with Crippen molar-refractivity contribution in [1.82, 2.24) is 4.98 Å². The third-order valence-electron chi connectivity index (χ3n) is 4.77. The van der Waals surface area contributed by atoms with E-state index in [1.165, 1.54) is 6.20 Å². The number of methoxy groups -OCH3 is 2. The van der Waals surface area contributed by atoms with Crippen LogP contribution in [0.2, 0.25) is 0 Å². The molecule has 0 fully saturated rings. The zero-order valence-electron chi connectivity index (χ0n) is 18.4. The zero-order chi connectivity index (χ0) is 22.9. The van der Waals surface area contributed by atoms with Gasteiger partial charge in [0.1, 0.15) is 5.75 Å². The van der Waals surface area contributed by atoms with Gasteiger partial charge in [-0.05, 0) is 61.4 Å². The standard InChI is InChI=1S/C25H26N2O5/c1-17-7-13-22(23(15-17)31-3)32-25-14-10-19(16-26-25)27-24(29)6-4-5-21(28)18-8-11-20(30-2)12-9-18/h7-16H,4-6H2,1-3H3,(H,27,29). The van der Waals surface area contributed by atoms with Crippen LogP contribution < -0.4 is 19.5 Å². The molecule has 166 valence electrons. The molecule has 1 aromatic heterocycles. The number of hydrogen-bond acceptors (Lipinski definition) is 6. The molecule has 0 aliphatic rings. The van der Waals surface area contributed by atoms with E-state index in [-0.39, 0.29) is 18.1 Å². The van der Waals surface area contributed by atoms with Gasteiger partial charge in [0.15, 0.2) is 17.3 Å². The highest BCUT2D eigenvalue weighted by Gasteiger charge is 2.10. The van der Waals surface area contributed by atoms with E-state index in [1.807, 2.05) is 25.1 Å². The number of carbonyl (C=O) groups is 2. The molecule has 32 heavy (non-hydrogen) atoms. The van der Waals surface area contributed by atoms with Crippen molar-refractivity contribution in [2.24, 2.45) is 0 Å². The molecule has 7 nitrogen and oxygen atoms in total. The second-order valence-electron chi connectivity index (χ2n) is 7.19. The third kappa shape index (κ3) is 6.31. The Morgan fingerprint density at radius 1 is 0.906 bits per heavy atom. The smallest absolute Gasteiger partial charge is 0.224 e. The van der Waals surface area contributed by atoms with E-state index >= 15 is 0 Å². The number of carbonyl (C=O) groups excluding carboxylic acids is 2. The van der Waals surface area contributed by atoms with E-state index in [0.717, 1.165) is 5.56 Å². The Morgan fingerprint density at radius 2 is 1.69 bits per heavy atom. The van der Waals surface area contributed by atoms with E-state index in [1.54, 1.807) is 50.6 Å². The van der Waals surface area contributed by atoms with Crippen molar-refractivity contribution in [2.75, 3.05) is 19.5 Å². The summed E-state index contributed by atoms with van der Waals surface area (Å²) in [5.74, 6) is 2.08. The topological polar surface area (TPSA) is 86.8 Å². The predicted octanol–water partition coefficient (Wildman–Crippen LogP) is 5.19. The molecular formula is C25H26N2O5. The average molecular weight is 434 g/mol. The maximum Gasteiger partial charge on any atom is 0.224 e. The van der Waals surface area contributed by atoms with Crippen molar-refractivity contribution >= 4 is 17.4 Å². The number of ether oxygens (including phenoxy) is 3. The van der Waals surface area contributed by atoms with Gasteiger partial charge in [-0.25, -0.2) is 4.98 Å². The number of hydrogen-bond donors (Lipinski definition) is 1. The van der Waals surface area contributed by atoms with Crippen LogP contribution in [-0.4, -0.2) is 30.9 Å². The summed E-state index contributed by atoms with van der Waals surface area (Å²) in [7, 11) is 3.16. The van der Waals surface area contributed by atoms with Crippen LogP contribution >= 0.6 is 0 Å². The molecule has 2 aromatic carbocycles. The van der Waals surface area contributed by atoms with Gasteiger partial charge in [-0.2, -0.15) is 0 Å². The Bertz CT molecular complexity index is 1060. The molecule has 0 bridgehead atoms. The number of rotatable bonds is 10. The van der Waals surface area contributed by atoms with E-state index in [4.69, 9.17) is 14.2 Å². The fraction of sp³-hybridized carbons (Fsp3) is 0.240. The molecule has 0 saturated heterocycles. The van der Waals surface area contributed by atoms with Gasteiger partial charge in [0.25, 0.3) is 0 Å². The molecule has 0 radical (unpaired) electrons. The molecule has 1 N–H and O–H groups in total. The predicted molar refractivity (Wildman–Crippen MR) is 122 cm³/mol. The molecule has 0 unspecified atom stereocenters. The fourth-order valence-corrected chi connectivity index (χ4v) is 3.04. The monoisotopic (exact) mass is 434 g/mol. The molecule has 0 saturated carbocycles. The number of benzene rings is 2. The van der Waals surface area contributed by atoms with Crippen molar-refractivity contribution in [3.63, 3.8) is 0 Å². The summed E-state index contributed by atoms with van der Waals surface area (Å²) in [6.07, 6.45) is 2.51. The number of nitrogens with one attached hydrogen (secondary N) is 1. The maximum absolute atomic E-state index is 12.2. The van der Waals surface area contributed by atoms with Gasteiger partial charge in [-0.1, -0.05) is 6.07 Å². The number of nitrogens with zero attached hydrogens (tertiary/aromatic N) is 1. The number of anilines is 1. The van der Waals surface area contributed by atoms with Gasteiger partial charge in [0.05, 0.1) is 26.1 Å². The van der Waals surface area contributed by atoms with E-state index in [9.17, 15) is 9.59 Å². The first-order valence-electron chi connectivity index (χ1n) is 10.2. The molecule has 0 spiro atoms. The Labute approximate surface area is 187 Å². The highest BCUT2D eigenvalue weighted by Crippen LogP contribution is 2.31. The Hall–Kier alpha value is -3.87. The van der Waals surface area contributed by atoms with Gasteiger partial charge in [0.2, 0.25) is 11.8 Å². The summed E-state index contributed by atoms with van der Waals surface area (Å²) >= 11 is 0. The quantitative estimate of drug-likeness (QED) is 0.442. The molecule has 0 atom stereocenters. The summed E-state index contributed by atoms with van der Waals surface area (Å²) in [5.41, 5.74) is 2.22. The van der Waals surface area contributed by atoms with Crippen LogP contribution in [0.3, 0.4) is 0 Å². The molecule has 3 rings (SSSR count). The molecule has 0 aliphatic heterocycles. The van der Waals surface area contributed by atoms with Crippen molar-refractivity contribution in [3.05, 3.63) is 71.9 Å². The normalized spacial score (nSPS) is 10.3. The summed E-state index contributed by atoms with van der Waals surface area (Å²) in [6.45, 7) is 1.97. The summed E-state index contributed by atoms with van der Waals surface area (Å²) in [6, 6.07) is 15.9. The Balaban J connectivity index is 1.46. The number of ketones is 1. The second-order valence-corrected chi connectivity index (χ2v) is 7.19. The first-order valence-corrected chi connectivity index (χ1v) is 10.2. The second kappa shape index (κ2) is 10.9. The van der Waals surface area contributed by atoms with Crippen LogP contribution in [0.25, 0.3) is 0 Å². The van der Waals surface area contributed by atoms with Crippen molar-refractivity contribution in [3.8, 4) is 23.1 Å². The summed E-state index contributed by atoms with van der Waals surface area (Å²) in [4.78, 5) is 28.7. The molecule has 3 aromatic rings. The maximum atomic E-state index is 12.2. The minimum atomic E-state index is -0.178. The van der Waals surface area contributed by atoms with Gasteiger partial charge >= 0.3 is 0 Å². The largest absolute Gasteiger partial charge is 0.497 e. The number of aromatic nitrogens is 1. The molecular weight excluding hydrogens is 408 g/mol. The van der Waals surface area contributed by atoms with Crippen LogP contribution in [0, 0.1) is 6.92 Å². The number of Topliss-reactive ketones (excluding diaryl/α,β-unsaturated/α-hetero) is 1. The van der Waals surface area contributed by atoms with Gasteiger partial charge in [0, 0.05) is 24.5 Å². The summed E-state index contributed by atoms with van der Waals surface area (Å²) < 4.78 is 16.2. The van der Waals surface area contributed by atoms with Crippen LogP contribution in [0.15, 0.2) is 60.8 Å². The Morgan fingerprint density at radius 3 is 2.34 bits per heavy atom. The lowest BCUT2D eigenvalue weighted by Gasteiger charge is -2.11. The molecule has 1 heterocycles. The SMILES string of the molecule is COc1ccc(C(=O)CCCC(=O)Nc2ccc(Oc3ccc(C)cc3OC)nc2)cc1. The van der Waals surface area contributed by atoms with Crippen LogP contribution in [0.1, 0.15) is 35.2 Å². The van der Waals surface area contributed by atoms with Crippen LogP contribution in [0.4, 0.5) is 5.69 Å². The zero-order valence-corrected chi connectivity index (χ0v) is 18.4. The molecule has 7 heteroatoms. The van der Waals surface area contributed by atoms with Gasteiger partial charge in [-0.3, -0.25) is 9.59 Å². The van der Waals surface area contributed by atoms with Gasteiger partial charge in [-0.15, -0.1) is 0 Å². The minimum Gasteiger partial charge on any atom is -0.497 e. The van der Waals surface area contributed by atoms with Crippen LogP contribution in [0.5, 0.6) is 23.1 Å². The van der Waals surface area contributed by atoms with Crippen molar-refractivity contribution in [1.29, 1.82) is 0 Å². The highest BCUT2D eigenvalue weighted by atomic mass is 16.5. The first-order chi connectivity index (χ1) is 15.5. The summed E-state index contributed by atoms with van der Waals surface area (Å²) in [5, 5.41) is 2.78. The lowest BCUT2D eigenvalue weighted by Crippen LogP contribution is -2.12. The number of amides is 1. The molecule has 1 amide bonds. The average Bonchev–Trinajstić information content (AvgIpc) is 2.81. The third-order valence-corrected chi connectivity index (χ3v) is 4.77. The van der Waals surface area contributed by atoms with E-state index in [2.05, 4.69) is 10.3 Å². The van der Waals surface area contributed by atoms with Crippen molar-refractivity contribution in [2.45, 2.75) is 26.2 Å². The van der Waals surface area contributed by atoms with E-state index < -0.39 is 0 Å². The highest BCUT2D eigenvalue weighted by molar-refractivity contribution is 5.96. The molecule has 0 aliphatic carbocycles. The number of pyridine rings is 1. The lowest BCUT2D eigenvalue weighted by atomic mass is 10.1. The minimum absolute atomic E-state index is 0.00449. The Kier molecular flexibility index (Phi) is 7.80. The first kappa shape index (κ1) is 22.8. The number of aryl methyl sites for hydroxylation is 1. The van der Waals surface area contributed by atoms with Crippen molar-refractivity contribution < 1.29 is 23.8 Å². The van der Waals surface area contributed by atoms with Crippen LogP contribution in [-0.2, 0) is 4.79 Å².